The van der Waals surface area contributed by atoms with E-state index in [4.69, 9.17) is 11.6 Å². The van der Waals surface area contributed by atoms with Crippen LogP contribution in [0.1, 0.15) is 37.2 Å². The summed E-state index contributed by atoms with van der Waals surface area (Å²) in [4.78, 5) is 0. The van der Waals surface area contributed by atoms with E-state index in [0.29, 0.717) is 10.9 Å². The molecule has 0 aromatic heterocycles. The quantitative estimate of drug-likeness (QED) is 0.637. The molecule has 0 nitrogen and oxygen atoms in total. The first-order valence-electron chi connectivity index (χ1n) is 4.72. The third kappa shape index (κ3) is 1.86. The summed E-state index contributed by atoms with van der Waals surface area (Å²) in [5, 5.41) is 0.485. The second-order valence-electron chi connectivity index (χ2n) is 3.65. The van der Waals surface area contributed by atoms with Gasteiger partial charge in [0.05, 0.1) is 0 Å². The first kappa shape index (κ1) is 9.01. The first-order valence-corrected chi connectivity index (χ1v) is 5.10. The second kappa shape index (κ2) is 3.67. The van der Waals surface area contributed by atoms with E-state index >= 15 is 0 Å². The van der Waals surface area contributed by atoms with E-state index in [9.17, 15) is 4.39 Å². The zero-order valence-corrected chi connectivity index (χ0v) is 8.15. The largest absolute Gasteiger partial charge is 0.207 e. The minimum atomic E-state index is -0.139. The highest BCUT2D eigenvalue weighted by Crippen LogP contribution is 2.35. The molecule has 0 aliphatic heterocycles. The van der Waals surface area contributed by atoms with Gasteiger partial charge in [0.25, 0.3) is 0 Å². The highest BCUT2D eigenvalue weighted by atomic mass is 35.5. The van der Waals surface area contributed by atoms with Crippen molar-refractivity contribution in [1.82, 2.24) is 0 Å². The standard InChI is InChI=1S/C11H12ClF/c12-9-5-6-10(11(13)7-9)8-3-1-2-4-8/h5-8H,1-4H2. The van der Waals surface area contributed by atoms with Gasteiger partial charge >= 0.3 is 0 Å². The van der Waals surface area contributed by atoms with Gasteiger partial charge in [-0.05, 0) is 36.5 Å². The van der Waals surface area contributed by atoms with Crippen molar-refractivity contribution in [2.45, 2.75) is 31.6 Å². The van der Waals surface area contributed by atoms with Crippen LogP contribution in [0.2, 0.25) is 5.02 Å². The number of halogens is 2. The molecule has 1 aromatic carbocycles. The summed E-state index contributed by atoms with van der Waals surface area (Å²) < 4.78 is 13.4. The molecule has 2 rings (SSSR count). The summed E-state index contributed by atoms with van der Waals surface area (Å²) in [6.07, 6.45) is 4.70. The lowest BCUT2D eigenvalue weighted by molar-refractivity contribution is 0.580. The summed E-state index contributed by atoms with van der Waals surface area (Å²) in [5.74, 6) is 0.289. The highest BCUT2D eigenvalue weighted by Gasteiger charge is 2.19. The van der Waals surface area contributed by atoms with E-state index in [1.165, 1.54) is 18.9 Å². The third-order valence-electron chi connectivity index (χ3n) is 2.76. The number of rotatable bonds is 1. The van der Waals surface area contributed by atoms with E-state index in [0.717, 1.165) is 18.4 Å². The maximum atomic E-state index is 13.4. The van der Waals surface area contributed by atoms with Crippen molar-refractivity contribution in [3.63, 3.8) is 0 Å². The molecular formula is C11H12ClF. The zero-order chi connectivity index (χ0) is 9.26. The van der Waals surface area contributed by atoms with Gasteiger partial charge in [0.15, 0.2) is 0 Å². The van der Waals surface area contributed by atoms with Crippen LogP contribution in [-0.4, -0.2) is 0 Å². The van der Waals surface area contributed by atoms with Crippen molar-refractivity contribution in [2.75, 3.05) is 0 Å². The van der Waals surface area contributed by atoms with Crippen molar-refractivity contribution >= 4 is 11.6 Å². The SMILES string of the molecule is Fc1cc(Cl)ccc1C1CCCC1. The Balaban J connectivity index is 2.29. The molecule has 0 saturated heterocycles. The highest BCUT2D eigenvalue weighted by molar-refractivity contribution is 6.30. The van der Waals surface area contributed by atoms with Gasteiger partial charge in [0.1, 0.15) is 5.82 Å². The molecule has 0 unspecified atom stereocenters. The summed E-state index contributed by atoms with van der Waals surface area (Å²) >= 11 is 5.68. The molecule has 0 spiro atoms. The monoisotopic (exact) mass is 198 g/mol. The minimum absolute atomic E-state index is 0.139. The summed E-state index contributed by atoms with van der Waals surface area (Å²) in [6.45, 7) is 0. The fourth-order valence-electron chi connectivity index (χ4n) is 2.07. The molecule has 70 valence electrons. The number of hydrogen-bond acceptors (Lipinski definition) is 0. The maximum Gasteiger partial charge on any atom is 0.128 e. The van der Waals surface area contributed by atoms with Gasteiger partial charge in [0, 0.05) is 5.02 Å². The van der Waals surface area contributed by atoms with Gasteiger partial charge < -0.3 is 0 Å². The molecule has 1 saturated carbocycles. The van der Waals surface area contributed by atoms with Crippen molar-refractivity contribution in [3.8, 4) is 0 Å². The number of hydrogen-bond donors (Lipinski definition) is 0. The molecule has 1 aliphatic carbocycles. The lowest BCUT2D eigenvalue weighted by atomic mass is 9.97. The van der Waals surface area contributed by atoms with Crippen LogP contribution >= 0.6 is 11.6 Å². The predicted octanol–water partition coefficient (Wildman–Crippen LogP) is 4.14. The van der Waals surface area contributed by atoms with Crippen LogP contribution in [0.5, 0.6) is 0 Å². The molecule has 0 N–H and O–H groups in total. The number of benzene rings is 1. The average Bonchev–Trinajstić information content (AvgIpc) is 2.56. The summed E-state index contributed by atoms with van der Waals surface area (Å²) in [6, 6.07) is 5.02. The van der Waals surface area contributed by atoms with Crippen molar-refractivity contribution < 1.29 is 4.39 Å². The van der Waals surface area contributed by atoms with Crippen LogP contribution in [-0.2, 0) is 0 Å². The fourth-order valence-corrected chi connectivity index (χ4v) is 2.23. The van der Waals surface area contributed by atoms with E-state index in [1.54, 1.807) is 6.07 Å². The molecule has 0 heterocycles. The lowest BCUT2D eigenvalue weighted by Gasteiger charge is -2.10. The van der Waals surface area contributed by atoms with Gasteiger partial charge in [-0.25, -0.2) is 4.39 Å². The zero-order valence-electron chi connectivity index (χ0n) is 7.39. The van der Waals surface area contributed by atoms with Crippen LogP contribution in [0.4, 0.5) is 4.39 Å². The van der Waals surface area contributed by atoms with Gasteiger partial charge in [-0.1, -0.05) is 30.5 Å². The Morgan fingerprint density at radius 3 is 2.54 bits per heavy atom. The molecule has 0 radical (unpaired) electrons. The molecule has 1 aromatic rings. The van der Waals surface area contributed by atoms with E-state index in [-0.39, 0.29) is 5.82 Å². The van der Waals surface area contributed by atoms with Crippen molar-refractivity contribution in [3.05, 3.63) is 34.6 Å². The normalized spacial score (nSPS) is 18.0. The molecule has 13 heavy (non-hydrogen) atoms. The molecule has 1 fully saturated rings. The lowest BCUT2D eigenvalue weighted by Crippen LogP contribution is -1.95. The fraction of sp³-hybridized carbons (Fsp3) is 0.455. The van der Waals surface area contributed by atoms with E-state index in [2.05, 4.69) is 0 Å². The average molecular weight is 199 g/mol. The van der Waals surface area contributed by atoms with Crippen molar-refractivity contribution in [2.24, 2.45) is 0 Å². The second-order valence-corrected chi connectivity index (χ2v) is 4.08. The Hall–Kier alpha value is -0.560. The van der Waals surface area contributed by atoms with Gasteiger partial charge in [-0.3, -0.25) is 0 Å². The molecule has 1 aliphatic rings. The van der Waals surface area contributed by atoms with Gasteiger partial charge in [0.2, 0.25) is 0 Å². The van der Waals surface area contributed by atoms with Crippen molar-refractivity contribution in [1.29, 1.82) is 0 Å². The predicted molar refractivity (Wildman–Crippen MR) is 52.6 cm³/mol. The topological polar surface area (TPSA) is 0 Å². The maximum absolute atomic E-state index is 13.4. The van der Waals surface area contributed by atoms with E-state index in [1.807, 2.05) is 6.07 Å². The van der Waals surface area contributed by atoms with E-state index < -0.39 is 0 Å². The molecule has 0 atom stereocenters. The van der Waals surface area contributed by atoms with Crippen LogP contribution in [0, 0.1) is 5.82 Å². The smallest absolute Gasteiger partial charge is 0.128 e. The molecular weight excluding hydrogens is 187 g/mol. The van der Waals surface area contributed by atoms with Crippen LogP contribution in [0.25, 0.3) is 0 Å². The first-order chi connectivity index (χ1) is 6.27. The van der Waals surface area contributed by atoms with Crippen LogP contribution in [0.3, 0.4) is 0 Å². The Morgan fingerprint density at radius 2 is 1.92 bits per heavy atom. The minimum Gasteiger partial charge on any atom is -0.207 e. The Kier molecular flexibility index (Phi) is 2.54. The van der Waals surface area contributed by atoms with Crippen LogP contribution < -0.4 is 0 Å². The summed E-state index contributed by atoms with van der Waals surface area (Å²) in [5.41, 5.74) is 0.849. The summed E-state index contributed by atoms with van der Waals surface area (Å²) in [7, 11) is 0. The Bertz CT molecular complexity index is 303. The molecule has 0 bridgehead atoms. The van der Waals surface area contributed by atoms with Gasteiger partial charge in [-0.2, -0.15) is 0 Å². The molecule has 0 amide bonds. The van der Waals surface area contributed by atoms with Crippen LogP contribution in [0.15, 0.2) is 18.2 Å². The molecule has 2 heteroatoms. The Morgan fingerprint density at radius 1 is 1.23 bits per heavy atom. The van der Waals surface area contributed by atoms with Gasteiger partial charge in [-0.15, -0.1) is 0 Å². The Labute approximate surface area is 82.7 Å². The third-order valence-corrected chi connectivity index (χ3v) is 2.99.